The molecule has 4 nitrogen and oxygen atoms in total. The van der Waals surface area contributed by atoms with Crippen molar-refractivity contribution >= 4 is 23.4 Å². The highest BCUT2D eigenvalue weighted by Crippen LogP contribution is 2.30. The van der Waals surface area contributed by atoms with Gasteiger partial charge in [-0.1, -0.05) is 41.6 Å². The molecule has 0 radical (unpaired) electrons. The van der Waals surface area contributed by atoms with Gasteiger partial charge in [0.2, 0.25) is 0 Å². The number of pyridine rings is 1. The minimum Gasteiger partial charge on any atom is -0.270 e. The van der Waals surface area contributed by atoms with E-state index in [4.69, 9.17) is 11.6 Å². The standard InChI is InChI=1S/C20H14ClFN4S/c21-16-5-7-17(8-6-16)26-19(14-9-11-23-12-10-14)24-25-20(26)27-13-15-3-1-2-4-18(15)22/h1-12H,13H2. The first kappa shape index (κ1) is 17.7. The fourth-order valence-corrected chi connectivity index (χ4v) is 3.70. The maximum Gasteiger partial charge on any atom is 0.196 e. The van der Waals surface area contributed by atoms with E-state index in [1.165, 1.54) is 17.8 Å². The lowest BCUT2D eigenvalue weighted by Crippen LogP contribution is -2.00. The Bertz CT molecular complexity index is 1050. The van der Waals surface area contributed by atoms with Gasteiger partial charge in [-0.25, -0.2) is 4.39 Å². The Morgan fingerprint density at radius 2 is 1.67 bits per heavy atom. The van der Waals surface area contributed by atoms with Crippen LogP contribution in [-0.4, -0.2) is 19.7 Å². The third kappa shape index (κ3) is 3.86. The first-order chi connectivity index (χ1) is 13.2. The summed E-state index contributed by atoms with van der Waals surface area (Å²) in [5.74, 6) is 0.919. The lowest BCUT2D eigenvalue weighted by Gasteiger charge is -2.10. The predicted molar refractivity (Wildman–Crippen MR) is 106 cm³/mol. The van der Waals surface area contributed by atoms with E-state index in [-0.39, 0.29) is 5.82 Å². The Morgan fingerprint density at radius 3 is 2.41 bits per heavy atom. The average Bonchev–Trinajstić information content (AvgIpc) is 3.12. The molecule has 27 heavy (non-hydrogen) atoms. The van der Waals surface area contributed by atoms with Crippen molar-refractivity contribution in [2.24, 2.45) is 0 Å². The number of halogens is 2. The molecule has 0 aliphatic carbocycles. The van der Waals surface area contributed by atoms with Crippen LogP contribution in [-0.2, 0) is 5.75 Å². The van der Waals surface area contributed by atoms with Crippen LogP contribution in [0.25, 0.3) is 17.1 Å². The van der Waals surface area contributed by atoms with Crippen molar-refractivity contribution in [1.29, 1.82) is 0 Å². The second-order valence-electron chi connectivity index (χ2n) is 5.73. The zero-order valence-corrected chi connectivity index (χ0v) is 15.7. The zero-order chi connectivity index (χ0) is 18.6. The van der Waals surface area contributed by atoms with Crippen molar-refractivity contribution in [2.45, 2.75) is 10.9 Å². The second kappa shape index (κ2) is 7.90. The maximum absolute atomic E-state index is 14.0. The van der Waals surface area contributed by atoms with Gasteiger partial charge in [0.05, 0.1) is 0 Å². The fraction of sp³-hybridized carbons (Fsp3) is 0.0500. The SMILES string of the molecule is Fc1ccccc1CSc1nnc(-c2ccncc2)n1-c1ccc(Cl)cc1. The number of aromatic nitrogens is 4. The molecule has 0 unspecified atom stereocenters. The van der Waals surface area contributed by atoms with Crippen LogP contribution in [0.15, 0.2) is 78.2 Å². The number of hydrogen-bond acceptors (Lipinski definition) is 4. The molecule has 0 N–H and O–H groups in total. The molecule has 134 valence electrons. The summed E-state index contributed by atoms with van der Waals surface area (Å²) in [6, 6.07) is 17.9. The highest BCUT2D eigenvalue weighted by molar-refractivity contribution is 7.98. The Hall–Kier alpha value is -2.70. The highest BCUT2D eigenvalue weighted by Gasteiger charge is 2.16. The zero-order valence-electron chi connectivity index (χ0n) is 14.1. The third-order valence-electron chi connectivity index (χ3n) is 3.97. The summed E-state index contributed by atoms with van der Waals surface area (Å²) in [6.45, 7) is 0. The fourth-order valence-electron chi connectivity index (χ4n) is 2.63. The molecule has 2 heterocycles. The molecule has 2 aromatic carbocycles. The molecule has 0 bridgehead atoms. The van der Waals surface area contributed by atoms with Gasteiger partial charge in [-0.05, 0) is 48.0 Å². The van der Waals surface area contributed by atoms with Crippen LogP contribution in [0.1, 0.15) is 5.56 Å². The van der Waals surface area contributed by atoms with E-state index in [9.17, 15) is 4.39 Å². The first-order valence-electron chi connectivity index (χ1n) is 8.20. The van der Waals surface area contributed by atoms with E-state index >= 15 is 0 Å². The van der Waals surface area contributed by atoms with E-state index in [1.54, 1.807) is 24.5 Å². The van der Waals surface area contributed by atoms with E-state index < -0.39 is 0 Å². The quantitative estimate of drug-likeness (QED) is 0.423. The van der Waals surface area contributed by atoms with Crippen molar-refractivity contribution in [3.63, 3.8) is 0 Å². The van der Waals surface area contributed by atoms with E-state index in [2.05, 4.69) is 15.2 Å². The molecule has 2 aromatic heterocycles. The summed E-state index contributed by atoms with van der Waals surface area (Å²) >= 11 is 7.46. The third-order valence-corrected chi connectivity index (χ3v) is 5.20. The van der Waals surface area contributed by atoms with E-state index in [0.717, 1.165) is 11.3 Å². The van der Waals surface area contributed by atoms with Crippen LogP contribution >= 0.6 is 23.4 Å². The molecule has 0 atom stereocenters. The van der Waals surface area contributed by atoms with Crippen LogP contribution < -0.4 is 0 Å². The van der Waals surface area contributed by atoms with Gasteiger partial charge in [-0.15, -0.1) is 10.2 Å². The largest absolute Gasteiger partial charge is 0.270 e. The normalized spacial score (nSPS) is 10.9. The van der Waals surface area contributed by atoms with Gasteiger partial charge in [0.15, 0.2) is 11.0 Å². The molecule has 0 spiro atoms. The molecule has 0 saturated heterocycles. The van der Waals surface area contributed by atoms with Gasteiger partial charge < -0.3 is 0 Å². The molecule has 4 aromatic rings. The Kier molecular flexibility index (Phi) is 5.18. The average molecular weight is 397 g/mol. The topological polar surface area (TPSA) is 43.6 Å². The summed E-state index contributed by atoms with van der Waals surface area (Å²) in [6.07, 6.45) is 3.42. The summed E-state index contributed by atoms with van der Waals surface area (Å²) in [4.78, 5) is 4.06. The lowest BCUT2D eigenvalue weighted by molar-refractivity contribution is 0.617. The van der Waals surface area contributed by atoms with E-state index in [0.29, 0.717) is 27.3 Å². The first-order valence-corrected chi connectivity index (χ1v) is 9.57. The highest BCUT2D eigenvalue weighted by atomic mass is 35.5. The van der Waals surface area contributed by atoms with Gasteiger partial charge in [0.1, 0.15) is 5.82 Å². The van der Waals surface area contributed by atoms with Crippen molar-refractivity contribution < 1.29 is 4.39 Å². The van der Waals surface area contributed by atoms with Crippen LogP contribution in [0.5, 0.6) is 0 Å². The van der Waals surface area contributed by atoms with Gasteiger partial charge in [0, 0.05) is 34.4 Å². The molecule has 0 amide bonds. The monoisotopic (exact) mass is 396 g/mol. The number of thioether (sulfide) groups is 1. The Labute approximate surface area is 165 Å². The van der Waals surface area contributed by atoms with Crippen LogP contribution in [0.4, 0.5) is 4.39 Å². The summed E-state index contributed by atoms with van der Waals surface area (Å²) in [7, 11) is 0. The van der Waals surface area contributed by atoms with Crippen molar-refractivity contribution in [1.82, 2.24) is 19.7 Å². The molecule has 4 rings (SSSR count). The van der Waals surface area contributed by atoms with E-state index in [1.807, 2.05) is 47.0 Å². The van der Waals surface area contributed by atoms with Crippen LogP contribution in [0, 0.1) is 5.82 Å². The van der Waals surface area contributed by atoms with Gasteiger partial charge in [-0.3, -0.25) is 9.55 Å². The maximum atomic E-state index is 14.0. The minimum atomic E-state index is -0.225. The molecular weight excluding hydrogens is 383 g/mol. The molecule has 0 aliphatic rings. The van der Waals surface area contributed by atoms with Gasteiger partial charge >= 0.3 is 0 Å². The molecule has 0 fully saturated rings. The lowest BCUT2D eigenvalue weighted by atomic mass is 10.2. The smallest absolute Gasteiger partial charge is 0.196 e. The number of hydrogen-bond donors (Lipinski definition) is 0. The molecular formula is C20H14ClFN4S. The van der Waals surface area contributed by atoms with Crippen LogP contribution in [0.3, 0.4) is 0 Å². The minimum absolute atomic E-state index is 0.225. The molecule has 0 aliphatic heterocycles. The Balaban J connectivity index is 1.74. The second-order valence-corrected chi connectivity index (χ2v) is 7.11. The van der Waals surface area contributed by atoms with Crippen molar-refractivity contribution in [2.75, 3.05) is 0 Å². The Morgan fingerprint density at radius 1 is 0.926 bits per heavy atom. The van der Waals surface area contributed by atoms with Crippen molar-refractivity contribution in [3.8, 4) is 17.1 Å². The molecule has 0 saturated carbocycles. The summed E-state index contributed by atoms with van der Waals surface area (Å²) < 4.78 is 15.9. The van der Waals surface area contributed by atoms with Gasteiger partial charge in [0.25, 0.3) is 0 Å². The summed E-state index contributed by atoms with van der Waals surface area (Å²) in [5, 5.41) is 10.0. The summed E-state index contributed by atoms with van der Waals surface area (Å²) in [5.41, 5.74) is 2.40. The molecule has 7 heteroatoms. The van der Waals surface area contributed by atoms with Gasteiger partial charge in [-0.2, -0.15) is 0 Å². The number of benzene rings is 2. The predicted octanol–water partition coefficient (Wildman–Crippen LogP) is 5.41. The number of rotatable bonds is 5. The van der Waals surface area contributed by atoms with Crippen LogP contribution in [0.2, 0.25) is 5.02 Å². The van der Waals surface area contributed by atoms with Crippen molar-refractivity contribution in [3.05, 3.63) is 89.5 Å². The number of nitrogens with zero attached hydrogens (tertiary/aromatic N) is 4.